The molecule has 1 amide bonds. The van der Waals surface area contributed by atoms with Crippen LogP contribution in [0.15, 0.2) is 46.7 Å². The SMILES string of the molecule is C=N/C=C\N=C(/C)c1ccc2nnc(NC(=O)[C@H]3CC[C@H](CN4CCN(C)CC4)CC3)cc2c1. The van der Waals surface area contributed by atoms with Crippen LogP contribution >= 0.6 is 0 Å². The fourth-order valence-electron chi connectivity index (χ4n) is 4.83. The summed E-state index contributed by atoms with van der Waals surface area (Å²) in [5.74, 6) is 1.31. The van der Waals surface area contributed by atoms with Gasteiger partial charge in [0, 0.05) is 62.1 Å². The minimum atomic E-state index is 0.0483. The van der Waals surface area contributed by atoms with E-state index in [4.69, 9.17) is 0 Å². The molecule has 0 atom stereocenters. The molecule has 0 unspecified atom stereocenters. The van der Waals surface area contributed by atoms with E-state index in [0.29, 0.717) is 11.7 Å². The molecule has 2 fully saturated rings. The first kappa shape index (κ1) is 24.2. The predicted octanol–water partition coefficient (Wildman–Crippen LogP) is 3.60. The Hall–Kier alpha value is -2.97. The second-order valence-electron chi connectivity index (χ2n) is 9.51. The fourth-order valence-corrected chi connectivity index (χ4v) is 4.83. The molecule has 180 valence electrons. The van der Waals surface area contributed by atoms with Crippen LogP contribution < -0.4 is 5.32 Å². The highest BCUT2D eigenvalue weighted by Crippen LogP contribution is 2.30. The Kier molecular flexibility index (Phi) is 8.13. The zero-order valence-electron chi connectivity index (χ0n) is 20.3. The van der Waals surface area contributed by atoms with Gasteiger partial charge in [0.25, 0.3) is 0 Å². The molecule has 1 aromatic heterocycles. The minimum absolute atomic E-state index is 0.0483. The molecule has 1 aliphatic heterocycles. The first-order valence-corrected chi connectivity index (χ1v) is 12.2. The lowest BCUT2D eigenvalue weighted by molar-refractivity contribution is -0.121. The summed E-state index contributed by atoms with van der Waals surface area (Å²) in [5.41, 5.74) is 2.62. The molecule has 0 radical (unpaired) electrons. The molecule has 1 saturated carbocycles. The van der Waals surface area contributed by atoms with Crippen LogP contribution in [0.4, 0.5) is 5.82 Å². The van der Waals surface area contributed by atoms with Crippen LogP contribution in [0.25, 0.3) is 10.9 Å². The van der Waals surface area contributed by atoms with E-state index in [-0.39, 0.29) is 11.8 Å². The number of nitrogens with one attached hydrogen (secondary N) is 1. The van der Waals surface area contributed by atoms with E-state index in [0.717, 1.165) is 74.0 Å². The third-order valence-electron chi connectivity index (χ3n) is 7.02. The van der Waals surface area contributed by atoms with Gasteiger partial charge in [0.15, 0.2) is 5.82 Å². The van der Waals surface area contributed by atoms with E-state index >= 15 is 0 Å². The van der Waals surface area contributed by atoms with Gasteiger partial charge < -0.3 is 15.1 Å². The van der Waals surface area contributed by atoms with Crippen LogP contribution in [0.5, 0.6) is 0 Å². The van der Waals surface area contributed by atoms with Crippen molar-refractivity contribution in [3.05, 3.63) is 42.2 Å². The quantitative estimate of drug-likeness (QED) is 0.637. The number of nitrogens with zero attached hydrogens (tertiary/aromatic N) is 6. The van der Waals surface area contributed by atoms with Gasteiger partial charge in [-0.15, -0.1) is 10.2 Å². The van der Waals surface area contributed by atoms with Crippen molar-refractivity contribution in [1.29, 1.82) is 0 Å². The lowest BCUT2D eigenvalue weighted by Crippen LogP contribution is -2.46. The van der Waals surface area contributed by atoms with Crippen LogP contribution in [-0.2, 0) is 4.79 Å². The lowest BCUT2D eigenvalue weighted by Gasteiger charge is -2.36. The lowest BCUT2D eigenvalue weighted by atomic mass is 9.81. The number of aromatic nitrogens is 2. The van der Waals surface area contributed by atoms with Crippen molar-refractivity contribution in [3.8, 4) is 0 Å². The number of aliphatic imine (C=N–C) groups is 2. The summed E-state index contributed by atoms with van der Waals surface area (Å²) in [6, 6.07) is 7.78. The Labute approximate surface area is 201 Å². The van der Waals surface area contributed by atoms with Crippen molar-refractivity contribution in [2.75, 3.05) is 45.1 Å². The highest BCUT2D eigenvalue weighted by Gasteiger charge is 2.28. The van der Waals surface area contributed by atoms with Crippen molar-refractivity contribution in [3.63, 3.8) is 0 Å². The second kappa shape index (κ2) is 11.4. The molecule has 1 aliphatic carbocycles. The van der Waals surface area contributed by atoms with E-state index in [1.165, 1.54) is 6.54 Å². The van der Waals surface area contributed by atoms with Crippen LogP contribution in [-0.4, -0.2) is 78.1 Å². The van der Waals surface area contributed by atoms with E-state index < -0.39 is 0 Å². The number of carbonyl (C=O) groups is 1. The number of carbonyl (C=O) groups excluding carboxylic acids is 1. The third-order valence-corrected chi connectivity index (χ3v) is 7.02. The van der Waals surface area contributed by atoms with Crippen molar-refractivity contribution in [1.82, 2.24) is 20.0 Å². The highest BCUT2D eigenvalue weighted by atomic mass is 16.1. The summed E-state index contributed by atoms with van der Waals surface area (Å²) >= 11 is 0. The predicted molar refractivity (Wildman–Crippen MR) is 138 cm³/mol. The molecular weight excluding hydrogens is 426 g/mol. The summed E-state index contributed by atoms with van der Waals surface area (Å²) in [7, 11) is 2.19. The summed E-state index contributed by atoms with van der Waals surface area (Å²) in [5, 5.41) is 12.4. The fraction of sp³-hybridized carbons (Fsp3) is 0.500. The molecule has 8 nitrogen and oxygen atoms in total. The third kappa shape index (κ3) is 6.33. The molecule has 1 aromatic carbocycles. The van der Waals surface area contributed by atoms with Crippen molar-refractivity contribution < 1.29 is 4.79 Å². The Morgan fingerprint density at radius 2 is 1.88 bits per heavy atom. The summed E-state index contributed by atoms with van der Waals surface area (Å²) in [4.78, 5) is 25.9. The standard InChI is InChI=1S/C26H35N7O/c1-19(28-11-10-27-2)22-8-9-24-23(16-22)17-25(31-30-24)29-26(34)21-6-4-20(5-7-21)18-33-14-12-32(3)13-15-33/h8-11,16-17,20-21H,2,4-7,12-15,18H2,1,3H3,(H,29,31,34)/b11-10-,28-19+/t20-,21-. The first-order valence-electron chi connectivity index (χ1n) is 12.2. The Balaban J connectivity index is 1.33. The first-order chi connectivity index (χ1) is 16.5. The molecule has 4 rings (SSSR count). The maximum Gasteiger partial charge on any atom is 0.228 e. The van der Waals surface area contributed by atoms with Gasteiger partial charge in [-0.3, -0.25) is 14.8 Å². The maximum absolute atomic E-state index is 12.9. The van der Waals surface area contributed by atoms with E-state index in [1.807, 2.05) is 31.2 Å². The number of piperazine rings is 1. The summed E-state index contributed by atoms with van der Waals surface area (Å²) < 4.78 is 0. The number of benzene rings is 1. The maximum atomic E-state index is 12.9. The van der Waals surface area contributed by atoms with Gasteiger partial charge in [-0.1, -0.05) is 6.07 Å². The highest BCUT2D eigenvalue weighted by molar-refractivity contribution is 6.02. The molecule has 1 N–H and O–H groups in total. The van der Waals surface area contributed by atoms with Crippen LogP contribution in [0.2, 0.25) is 0 Å². The Morgan fingerprint density at radius 1 is 1.12 bits per heavy atom. The number of fused-ring (bicyclic) bond motifs is 1. The molecule has 0 bridgehead atoms. The zero-order valence-corrected chi connectivity index (χ0v) is 20.3. The van der Waals surface area contributed by atoms with Crippen molar-refractivity contribution >= 4 is 35.1 Å². The van der Waals surface area contributed by atoms with Gasteiger partial charge in [0.2, 0.25) is 5.91 Å². The molecule has 0 spiro atoms. The molecule has 2 heterocycles. The summed E-state index contributed by atoms with van der Waals surface area (Å²) in [6.45, 7) is 11.1. The van der Waals surface area contributed by atoms with Gasteiger partial charge in [0.05, 0.1) is 5.52 Å². The van der Waals surface area contributed by atoms with Gasteiger partial charge in [0.1, 0.15) is 0 Å². The van der Waals surface area contributed by atoms with Crippen molar-refractivity contribution in [2.24, 2.45) is 21.8 Å². The number of anilines is 1. The smallest absolute Gasteiger partial charge is 0.228 e. The van der Waals surface area contributed by atoms with Gasteiger partial charge in [-0.05, 0) is 76.1 Å². The molecular formula is C26H35N7O. The Bertz CT molecular complexity index is 1060. The van der Waals surface area contributed by atoms with Gasteiger partial charge >= 0.3 is 0 Å². The minimum Gasteiger partial charge on any atom is -0.309 e. The zero-order chi connectivity index (χ0) is 23.9. The van der Waals surface area contributed by atoms with Crippen molar-refractivity contribution in [2.45, 2.75) is 32.6 Å². The average Bonchev–Trinajstić information content (AvgIpc) is 2.85. The average molecular weight is 462 g/mol. The largest absolute Gasteiger partial charge is 0.309 e. The number of hydrogen-bond donors (Lipinski definition) is 1. The number of hydrogen-bond acceptors (Lipinski definition) is 7. The van der Waals surface area contributed by atoms with Crippen LogP contribution in [0.3, 0.4) is 0 Å². The molecule has 1 saturated heterocycles. The molecule has 34 heavy (non-hydrogen) atoms. The van der Waals surface area contributed by atoms with E-state index in [9.17, 15) is 4.79 Å². The van der Waals surface area contributed by atoms with Crippen LogP contribution in [0, 0.1) is 11.8 Å². The number of rotatable bonds is 7. The van der Waals surface area contributed by atoms with Gasteiger partial charge in [-0.2, -0.15) is 0 Å². The number of amides is 1. The Morgan fingerprint density at radius 3 is 2.62 bits per heavy atom. The van der Waals surface area contributed by atoms with E-state index in [1.54, 1.807) is 12.4 Å². The topological polar surface area (TPSA) is 86.1 Å². The number of likely N-dealkylation sites (N-methyl/N-ethyl adjacent to an activating group) is 1. The molecule has 2 aliphatic rings. The second-order valence-corrected chi connectivity index (χ2v) is 9.51. The molecule has 2 aromatic rings. The molecule has 8 heteroatoms. The van der Waals surface area contributed by atoms with Gasteiger partial charge in [-0.25, -0.2) is 0 Å². The van der Waals surface area contributed by atoms with E-state index in [2.05, 4.69) is 49.1 Å². The van der Waals surface area contributed by atoms with Crippen LogP contribution in [0.1, 0.15) is 38.2 Å². The summed E-state index contributed by atoms with van der Waals surface area (Å²) in [6.07, 6.45) is 7.28. The monoisotopic (exact) mass is 461 g/mol. The normalized spacial score (nSPS) is 22.8.